The lowest BCUT2D eigenvalue weighted by Gasteiger charge is -2.02. The van der Waals surface area contributed by atoms with Gasteiger partial charge in [-0.3, -0.25) is 4.79 Å². The summed E-state index contributed by atoms with van der Waals surface area (Å²) in [5.74, 6) is -0.315. The van der Waals surface area contributed by atoms with Crippen LogP contribution in [0.15, 0.2) is 16.7 Å². The molecule has 90 valence electrons. The van der Waals surface area contributed by atoms with Crippen molar-refractivity contribution in [3.05, 3.63) is 23.4 Å². The van der Waals surface area contributed by atoms with Crippen LogP contribution in [0.1, 0.15) is 18.2 Å². The third-order valence-electron chi connectivity index (χ3n) is 2.63. The van der Waals surface area contributed by atoms with Crippen LogP contribution in [0.4, 0.5) is 5.69 Å². The molecule has 1 aromatic carbocycles. The van der Waals surface area contributed by atoms with E-state index < -0.39 is 0 Å². The molecule has 0 atom stereocenters. The van der Waals surface area contributed by atoms with Crippen LogP contribution in [-0.2, 0) is 16.0 Å². The Balaban J connectivity index is 2.41. The Labute approximate surface area is 98.5 Å². The summed E-state index contributed by atoms with van der Waals surface area (Å²) in [5.41, 5.74) is 8.56. The molecule has 0 aliphatic rings. The SMILES string of the molecule is CCOC(=O)Cc1noc2ccc(N)c(C)c12. The minimum absolute atomic E-state index is 0.102. The van der Waals surface area contributed by atoms with Gasteiger partial charge in [0.15, 0.2) is 5.58 Å². The summed E-state index contributed by atoms with van der Waals surface area (Å²) in [5, 5.41) is 4.69. The zero-order chi connectivity index (χ0) is 12.4. The number of aryl methyl sites for hydroxylation is 1. The maximum Gasteiger partial charge on any atom is 0.312 e. The van der Waals surface area contributed by atoms with Crippen molar-refractivity contribution in [1.29, 1.82) is 0 Å². The first kappa shape index (κ1) is 11.4. The molecule has 0 fully saturated rings. The van der Waals surface area contributed by atoms with E-state index in [9.17, 15) is 4.79 Å². The minimum atomic E-state index is -0.315. The molecule has 0 bridgehead atoms. The number of benzene rings is 1. The van der Waals surface area contributed by atoms with E-state index in [1.54, 1.807) is 19.1 Å². The monoisotopic (exact) mass is 234 g/mol. The molecule has 17 heavy (non-hydrogen) atoms. The van der Waals surface area contributed by atoms with Gasteiger partial charge >= 0.3 is 5.97 Å². The Hall–Kier alpha value is -2.04. The van der Waals surface area contributed by atoms with Gasteiger partial charge in [0, 0.05) is 5.69 Å². The van der Waals surface area contributed by atoms with Gasteiger partial charge in [0.25, 0.3) is 0 Å². The molecule has 5 nitrogen and oxygen atoms in total. The second kappa shape index (κ2) is 4.45. The number of nitrogens with two attached hydrogens (primary N) is 1. The fraction of sp³-hybridized carbons (Fsp3) is 0.333. The van der Waals surface area contributed by atoms with Gasteiger partial charge in [0.2, 0.25) is 0 Å². The fourth-order valence-electron chi connectivity index (χ4n) is 1.76. The van der Waals surface area contributed by atoms with E-state index in [-0.39, 0.29) is 12.4 Å². The number of nitrogens with zero attached hydrogens (tertiary/aromatic N) is 1. The van der Waals surface area contributed by atoms with E-state index in [0.29, 0.717) is 23.6 Å². The number of fused-ring (bicyclic) bond motifs is 1. The maximum absolute atomic E-state index is 11.4. The third kappa shape index (κ3) is 2.08. The molecule has 0 aliphatic carbocycles. The van der Waals surface area contributed by atoms with Gasteiger partial charge in [-0.1, -0.05) is 5.16 Å². The molecule has 0 radical (unpaired) electrons. The van der Waals surface area contributed by atoms with Crippen molar-refractivity contribution in [2.24, 2.45) is 0 Å². The van der Waals surface area contributed by atoms with Gasteiger partial charge < -0.3 is 15.0 Å². The highest BCUT2D eigenvalue weighted by atomic mass is 16.5. The molecule has 1 aromatic heterocycles. The van der Waals surface area contributed by atoms with Crippen molar-refractivity contribution in [3.8, 4) is 0 Å². The average Bonchev–Trinajstić information content (AvgIpc) is 2.68. The molecule has 0 saturated carbocycles. The van der Waals surface area contributed by atoms with Gasteiger partial charge in [-0.25, -0.2) is 0 Å². The molecule has 0 saturated heterocycles. The van der Waals surface area contributed by atoms with E-state index in [1.807, 2.05) is 6.92 Å². The van der Waals surface area contributed by atoms with Gasteiger partial charge in [0.05, 0.1) is 18.4 Å². The molecule has 0 unspecified atom stereocenters. The Morgan fingerprint density at radius 2 is 2.29 bits per heavy atom. The highest BCUT2D eigenvalue weighted by molar-refractivity contribution is 5.90. The summed E-state index contributed by atoms with van der Waals surface area (Å²) in [7, 11) is 0. The molecule has 2 N–H and O–H groups in total. The van der Waals surface area contributed by atoms with Crippen LogP contribution in [0.2, 0.25) is 0 Å². The normalized spacial score (nSPS) is 10.7. The molecule has 0 spiro atoms. The zero-order valence-corrected chi connectivity index (χ0v) is 9.82. The average molecular weight is 234 g/mol. The van der Waals surface area contributed by atoms with E-state index >= 15 is 0 Å². The molecular weight excluding hydrogens is 220 g/mol. The zero-order valence-electron chi connectivity index (χ0n) is 9.82. The lowest BCUT2D eigenvalue weighted by molar-refractivity contribution is -0.142. The highest BCUT2D eigenvalue weighted by Crippen LogP contribution is 2.26. The number of aromatic nitrogens is 1. The number of hydrogen-bond acceptors (Lipinski definition) is 5. The molecule has 2 aromatic rings. The minimum Gasteiger partial charge on any atom is -0.466 e. The third-order valence-corrected chi connectivity index (χ3v) is 2.63. The Morgan fingerprint density at radius 3 is 3.00 bits per heavy atom. The molecule has 2 rings (SSSR count). The number of anilines is 1. The number of rotatable bonds is 3. The van der Waals surface area contributed by atoms with Crippen LogP contribution in [-0.4, -0.2) is 17.7 Å². The van der Waals surface area contributed by atoms with Crippen molar-refractivity contribution < 1.29 is 14.1 Å². The van der Waals surface area contributed by atoms with Gasteiger partial charge in [-0.15, -0.1) is 0 Å². The largest absolute Gasteiger partial charge is 0.466 e. The van der Waals surface area contributed by atoms with E-state index in [2.05, 4.69) is 5.16 Å². The highest BCUT2D eigenvalue weighted by Gasteiger charge is 2.15. The van der Waals surface area contributed by atoms with Crippen molar-refractivity contribution in [1.82, 2.24) is 5.16 Å². The lowest BCUT2D eigenvalue weighted by Crippen LogP contribution is -2.08. The molecule has 0 aliphatic heterocycles. The number of hydrogen-bond donors (Lipinski definition) is 1. The maximum atomic E-state index is 11.4. The van der Waals surface area contributed by atoms with Crippen LogP contribution in [0.25, 0.3) is 11.0 Å². The van der Waals surface area contributed by atoms with Crippen LogP contribution >= 0.6 is 0 Å². The van der Waals surface area contributed by atoms with Gasteiger partial charge in [-0.2, -0.15) is 0 Å². The predicted octanol–water partition coefficient (Wildman–Crippen LogP) is 1.82. The smallest absolute Gasteiger partial charge is 0.312 e. The standard InChI is InChI=1S/C12H14N2O3/c1-3-16-11(15)6-9-12-7(2)8(13)4-5-10(12)17-14-9/h4-5H,3,6,13H2,1-2H3. The van der Waals surface area contributed by atoms with Gasteiger partial charge in [-0.05, 0) is 31.5 Å². The molecular formula is C12H14N2O3. The van der Waals surface area contributed by atoms with Crippen molar-refractivity contribution in [2.45, 2.75) is 20.3 Å². The Bertz CT molecular complexity index is 560. The lowest BCUT2D eigenvalue weighted by atomic mass is 10.1. The predicted molar refractivity (Wildman–Crippen MR) is 63.5 cm³/mol. The number of esters is 1. The summed E-state index contributed by atoms with van der Waals surface area (Å²) in [6.45, 7) is 4.00. The Morgan fingerprint density at radius 1 is 1.53 bits per heavy atom. The summed E-state index contributed by atoms with van der Waals surface area (Å²) in [4.78, 5) is 11.4. The van der Waals surface area contributed by atoms with Crippen molar-refractivity contribution >= 4 is 22.6 Å². The topological polar surface area (TPSA) is 78.3 Å². The number of ether oxygens (including phenoxy) is 1. The number of nitrogen functional groups attached to an aromatic ring is 1. The van der Waals surface area contributed by atoms with E-state index in [0.717, 1.165) is 10.9 Å². The van der Waals surface area contributed by atoms with Crippen molar-refractivity contribution in [3.63, 3.8) is 0 Å². The first-order valence-corrected chi connectivity index (χ1v) is 5.42. The summed E-state index contributed by atoms with van der Waals surface area (Å²) >= 11 is 0. The fourth-order valence-corrected chi connectivity index (χ4v) is 1.76. The van der Waals surface area contributed by atoms with Crippen LogP contribution < -0.4 is 5.73 Å². The van der Waals surface area contributed by atoms with E-state index in [4.69, 9.17) is 15.0 Å². The summed E-state index contributed by atoms with van der Waals surface area (Å²) in [6.07, 6.45) is 0.102. The van der Waals surface area contributed by atoms with E-state index in [1.165, 1.54) is 0 Å². The van der Waals surface area contributed by atoms with Crippen LogP contribution in [0, 0.1) is 6.92 Å². The Kier molecular flexibility index (Phi) is 2.99. The molecule has 5 heteroatoms. The molecule has 1 heterocycles. The second-order valence-corrected chi connectivity index (χ2v) is 3.76. The van der Waals surface area contributed by atoms with Crippen LogP contribution in [0.5, 0.6) is 0 Å². The first-order valence-electron chi connectivity index (χ1n) is 5.42. The summed E-state index contributed by atoms with van der Waals surface area (Å²) in [6, 6.07) is 3.51. The first-order chi connectivity index (χ1) is 8.13. The van der Waals surface area contributed by atoms with Crippen molar-refractivity contribution in [2.75, 3.05) is 12.3 Å². The quantitative estimate of drug-likeness (QED) is 0.647. The second-order valence-electron chi connectivity index (χ2n) is 3.76. The van der Waals surface area contributed by atoms with Crippen LogP contribution in [0.3, 0.4) is 0 Å². The number of carbonyl (C=O) groups is 1. The van der Waals surface area contributed by atoms with Gasteiger partial charge in [0.1, 0.15) is 5.69 Å². The summed E-state index contributed by atoms with van der Waals surface area (Å²) < 4.78 is 10.0. The molecule has 0 amide bonds. The number of carbonyl (C=O) groups excluding carboxylic acids is 1.